The molecule has 2 aromatic heterocycles. The molecule has 1 atom stereocenters. The molecule has 0 amide bonds. The third-order valence-electron chi connectivity index (χ3n) is 3.29. The van der Waals surface area contributed by atoms with Gasteiger partial charge in [-0.2, -0.15) is 18.0 Å². The zero-order chi connectivity index (χ0) is 13.6. The van der Waals surface area contributed by atoms with E-state index in [-0.39, 0.29) is 50.2 Å². The molecule has 1 saturated carbocycles. The van der Waals surface area contributed by atoms with Gasteiger partial charge < -0.3 is 4.74 Å². The Morgan fingerprint density at radius 2 is 2.30 bits per heavy atom. The van der Waals surface area contributed by atoms with Crippen molar-refractivity contribution in [2.24, 2.45) is 7.05 Å². The summed E-state index contributed by atoms with van der Waals surface area (Å²) in [6, 6.07) is 0. The van der Waals surface area contributed by atoms with Crippen molar-refractivity contribution < 1.29 is 42.2 Å². The maximum absolute atomic E-state index is 12.0. The van der Waals surface area contributed by atoms with Gasteiger partial charge in [0.25, 0.3) is 0 Å². The molecule has 20 heavy (non-hydrogen) atoms. The molecule has 1 aliphatic carbocycles. The number of ether oxygens (including phenoxy) is 1. The van der Waals surface area contributed by atoms with E-state index in [9.17, 15) is 9.59 Å². The monoisotopic (exact) mass is 351 g/mol. The summed E-state index contributed by atoms with van der Waals surface area (Å²) in [6.07, 6.45) is 2.91. The molecule has 0 spiro atoms. The molecule has 1 aliphatic rings. The van der Waals surface area contributed by atoms with Crippen molar-refractivity contribution >= 4 is 11.6 Å². The Balaban J connectivity index is 0.00000147. The molecule has 9 heteroatoms. The van der Waals surface area contributed by atoms with E-state index in [0.29, 0.717) is 0 Å². The van der Waals surface area contributed by atoms with Crippen LogP contribution in [0.4, 0.5) is 0 Å². The zero-order valence-corrected chi connectivity index (χ0v) is 13.9. The molecule has 0 aromatic carbocycles. The van der Waals surface area contributed by atoms with Gasteiger partial charge in [-0.25, -0.2) is 19.0 Å². The number of hydrogen-bond acceptors (Lipinski definition) is 6. The molecule has 103 valence electrons. The Hall–Kier alpha value is -1.15. The van der Waals surface area contributed by atoms with Gasteiger partial charge >= 0.3 is 11.7 Å². The molecule has 0 N–H and O–H groups in total. The number of nitrogens with zero attached hydrogens (tertiary/aromatic N) is 5. The number of aryl methyl sites for hydroxylation is 1. The minimum Gasteiger partial charge on any atom is -0.490 e. The maximum Gasteiger partial charge on any atom is 0.358 e. The van der Waals surface area contributed by atoms with Crippen LogP contribution in [0.3, 0.4) is 0 Å². The van der Waals surface area contributed by atoms with Crippen LogP contribution in [0.2, 0.25) is 0 Å². The maximum atomic E-state index is 12.0. The SMILES string of the molecule is C[C-]1CCC1OC(=O)c1ncn2c(=O)n(C)nnc12.[Y]. The largest absolute Gasteiger partial charge is 0.490 e. The normalized spacial score (nSPS) is 18.4. The van der Waals surface area contributed by atoms with Crippen molar-refractivity contribution in [3.05, 3.63) is 28.4 Å². The minimum atomic E-state index is -0.575. The van der Waals surface area contributed by atoms with Crippen LogP contribution >= 0.6 is 0 Å². The van der Waals surface area contributed by atoms with Crippen LogP contribution < -0.4 is 5.69 Å². The third-order valence-corrected chi connectivity index (χ3v) is 3.29. The second-order valence-electron chi connectivity index (χ2n) is 4.56. The predicted molar refractivity (Wildman–Crippen MR) is 63.4 cm³/mol. The smallest absolute Gasteiger partial charge is 0.358 e. The fourth-order valence-electron chi connectivity index (χ4n) is 1.92. The van der Waals surface area contributed by atoms with Crippen LogP contribution in [0, 0.1) is 5.92 Å². The van der Waals surface area contributed by atoms with Crippen molar-refractivity contribution in [2.45, 2.75) is 25.9 Å². The average Bonchev–Trinajstić information content (AvgIpc) is 2.83. The second-order valence-corrected chi connectivity index (χ2v) is 4.56. The molecule has 2 aromatic rings. The van der Waals surface area contributed by atoms with E-state index in [1.807, 2.05) is 6.92 Å². The van der Waals surface area contributed by atoms with Crippen molar-refractivity contribution in [1.29, 1.82) is 0 Å². The minimum absolute atomic E-state index is 0. The molecular weight excluding hydrogens is 339 g/mol. The van der Waals surface area contributed by atoms with Crippen molar-refractivity contribution in [3.8, 4) is 0 Å². The van der Waals surface area contributed by atoms with E-state index in [2.05, 4.69) is 15.3 Å². The Morgan fingerprint density at radius 3 is 2.90 bits per heavy atom. The molecule has 3 rings (SSSR count). The van der Waals surface area contributed by atoms with Gasteiger partial charge in [-0.05, 0) is 6.10 Å². The van der Waals surface area contributed by atoms with Gasteiger partial charge in [-0.1, -0.05) is 11.6 Å². The van der Waals surface area contributed by atoms with E-state index >= 15 is 0 Å². The second kappa shape index (κ2) is 5.69. The zero-order valence-electron chi connectivity index (χ0n) is 11.1. The van der Waals surface area contributed by atoms with Crippen LogP contribution in [0.15, 0.2) is 11.1 Å². The number of esters is 1. The molecule has 2 heterocycles. The molecule has 0 aliphatic heterocycles. The Bertz CT molecular complexity index is 710. The number of rotatable bonds is 2. The summed E-state index contributed by atoms with van der Waals surface area (Å²) in [5.41, 5.74) is -0.280. The van der Waals surface area contributed by atoms with E-state index in [1.54, 1.807) is 0 Å². The third kappa shape index (κ3) is 2.42. The van der Waals surface area contributed by atoms with Crippen molar-refractivity contribution in [2.75, 3.05) is 0 Å². The number of hydrogen-bond donors (Lipinski definition) is 0. The molecule has 1 unspecified atom stereocenters. The summed E-state index contributed by atoms with van der Waals surface area (Å²) in [4.78, 5) is 27.6. The standard InChI is InChI=1S/C11H12N5O3.Y/c1-6-3-4-7(6)19-10(17)8-9-13-14-15(2)11(18)16(9)5-12-8;/h5,7H,3-4H2,1-2H3;/q-1;. The summed E-state index contributed by atoms with van der Waals surface area (Å²) in [5.74, 6) is 0.563. The van der Waals surface area contributed by atoms with Gasteiger partial charge in [0.2, 0.25) is 0 Å². The molecule has 0 bridgehead atoms. The first-order valence-corrected chi connectivity index (χ1v) is 5.88. The van der Waals surface area contributed by atoms with Gasteiger partial charge in [0, 0.05) is 39.8 Å². The van der Waals surface area contributed by atoms with E-state index in [1.165, 1.54) is 17.8 Å². The summed E-state index contributed by atoms with van der Waals surface area (Å²) < 4.78 is 7.52. The van der Waals surface area contributed by atoms with Crippen molar-refractivity contribution in [1.82, 2.24) is 24.4 Å². The fraction of sp³-hybridized carbons (Fsp3) is 0.455. The van der Waals surface area contributed by atoms with Gasteiger partial charge in [0.05, 0.1) is 0 Å². The number of carbonyl (C=O) groups excluding carboxylic acids is 1. The molecular formula is C11H12N5O3Y-. The number of imidazole rings is 1. The summed E-state index contributed by atoms with van der Waals surface area (Å²) >= 11 is 0. The van der Waals surface area contributed by atoms with Gasteiger partial charge in [-0.15, -0.1) is 5.10 Å². The van der Waals surface area contributed by atoms with Crippen molar-refractivity contribution in [3.63, 3.8) is 0 Å². The van der Waals surface area contributed by atoms with E-state index < -0.39 is 11.7 Å². The molecule has 0 saturated heterocycles. The molecule has 8 nitrogen and oxygen atoms in total. The first-order valence-electron chi connectivity index (χ1n) is 5.88. The van der Waals surface area contributed by atoms with Crippen LogP contribution in [0.5, 0.6) is 0 Å². The summed E-state index contributed by atoms with van der Waals surface area (Å²) in [7, 11) is 1.47. The predicted octanol–water partition coefficient (Wildman–Crippen LogP) is -0.266. The number of carbonyl (C=O) groups is 1. The topological polar surface area (TPSA) is 91.4 Å². The van der Waals surface area contributed by atoms with Crippen LogP contribution in [0.25, 0.3) is 5.65 Å². The summed E-state index contributed by atoms with van der Waals surface area (Å²) in [5, 5.41) is 7.43. The number of aromatic nitrogens is 5. The first kappa shape index (κ1) is 15.2. The van der Waals surface area contributed by atoms with E-state index in [0.717, 1.165) is 23.4 Å². The van der Waals surface area contributed by atoms with E-state index in [4.69, 9.17) is 4.74 Å². The van der Waals surface area contributed by atoms with Crippen LogP contribution in [-0.2, 0) is 44.5 Å². The van der Waals surface area contributed by atoms with Crippen LogP contribution in [0.1, 0.15) is 30.3 Å². The Morgan fingerprint density at radius 1 is 1.55 bits per heavy atom. The number of fused-ring (bicyclic) bond motifs is 1. The quantitative estimate of drug-likeness (QED) is 0.547. The van der Waals surface area contributed by atoms with Gasteiger partial charge in [-0.3, -0.25) is 5.92 Å². The van der Waals surface area contributed by atoms with Crippen LogP contribution in [-0.4, -0.2) is 36.5 Å². The molecule has 1 radical (unpaired) electrons. The first-order chi connectivity index (χ1) is 9.08. The Kier molecular flexibility index (Phi) is 4.34. The molecule has 1 fully saturated rings. The average molecular weight is 351 g/mol. The fourth-order valence-corrected chi connectivity index (χ4v) is 1.92. The Labute approximate surface area is 139 Å². The van der Waals surface area contributed by atoms with Gasteiger partial charge in [0.15, 0.2) is 11.3 Å². The van der Waals surface area contributed by atoms with Gasteiger partial charge in [0.1, 0.15) is 6.33 Å². The summed E-state index contributed by atoms with van der Waals surface area (Å²) in [6.45, 7) is 1.95.